The molecule has 5 nitrogen and oxygen atoms in total. The van der Waals surface area contributed by atoms with Gasteiger partial charge >= 0.3 is 0 Å². The molecule has 0 aromatic rings. The third-order valence-corrected chi connectivity index (χ3v) is 0.956. The summed E-state index contributed by atoms with van der Waals surface area (Å²) >= 11 is 0. The first-order valence-electron chi connectivity index (χ1n) is 2.55. The van der Waals surface area contributed by atoms with E-state index in [0.29, 0.717) is 5.06 Å². The number of carbonyl (C=O) groups excluding carboxylic acids is 2. The molecule has 0 spiro atoms. The Morgan fingerprint density at radius 2 is 1.90 bits per heavy atom. The molecule has 0 bridgehead atoms. The van der Waals surface area contributed by atoms with Crippen molar-refractivity contribution in [2.24, 2.45) is 0 Å². The number of hydrogen-bond donors (Lipinski definition) is 1. The topological polar surface area (TPSA) is 66.8 Å². The highest BCUT2D eigenvalue weighted by Crippen LogP contribution is 2.02. The van der Waals surface area contributed by atoms with Gasteiger partial charge in [0.25, 0.3) is 11.8 Å². The largest absolute Gasteiger partial charge is 0.368 e. The van der Waals surface area contributed by atoms with E-state index >= 15 is 0 Å². The van der Waals surface area contributed by atoms with Gasteiger partial charge in [-0.3, -0.25) is 9.59 Å². The average Bonchev–Trinajstić information content (AvgIpc) is 2.20. The molecular weight excluding hydrogens is 138 g/mol. The van der Waals surface area contributed by atoms with Gasteiger partial charge in [-0.2, -0.15) is 0 Å². The van der Waals surface area contributed by atoms with Crippen molar-refractivity contribution in [1.82, 2.24) is 5.06 Å². The van der Waals surface area contributed by atoms with Crippen LogP contribution in [0.2, 0.25) is 0 Å². The summed E-state index contributed by atoms with van der Waals surface area (Å²) in [5, 5.41) is 8.65. The molecule has 0 aliphatic carbocycles. The molecule has 1 heterocycles. The summed E-state index contributed by atoms with van der Waals surface area (Å²) in [6, 6.07) is 0. The molecule has 5 heteroatoms. The van der Waals surface area contributed by atoms with Crippen LogP contribution in [0.1, 0.15) is 0 Å². The molecule has 0 fully saturated rings. The average molecular weight is 143 g/mol. The Kier molecular flexibility index (Phi) is 1.79. The molecule has 0 unspecified atom stereocenters. The molecule has 10 heavy (non-hydrogen) atoms. The Labute approximate surface area is 56.4 Å². The minimum absolute atomic E-state index is 0.486. The van der Waals surface area contributed by atoms with Crippen molar-refractivity contribution in [3.05, 3.63) is 12.2 Å². The standard InChI is InChI=1S/C5H5NO4/c7-3-10-6-4(8)1-2-5(6)9/h1-2,7H,3H2. The maximum atomic E-state index is 10.6. The van der Waals surface area contributed by atoms with Crippen LogP contribution in [-0.2, 0) is 14.4 Å². The van der Waals surface area contributed by atoms with Crippen molar-refractivity contribution >= 4 is 11.8 Å². The van der Waals surface area contributed by atoms with Crippen LogP contribution in [0.3, 0.4) is 0 Å². The van der Waals surface area contributed by atoms with Crippen LogP contribution in [0.5, 0.6) is 0 Å². The van der Waals surface area contributed by atoms with Crippen molar-refractivity contribution in [1.29, 1.82) is 0 Å². The monoisotopic (exact) mass is 143 g/mol. The van der Waals surface area contributed by atoms with Gasteiger partial charge in [-0.15, -0.1) is 5.06 Å². The van der Waals surface area contributed by atoms with Crippen LogP contribution in [0, 0.1) is 0 Å². The fraction of sp³-hybridized carbons (Fsp3) is 0.200. The first-order chi connectivity index (χ1) is 4.75. The third-order valence-electron chi connectivity index (χ3n) is 0.956. The van der Waals surface area contributed by atoms with Crippen molar-refractivity contribution in [2.75, 3.05) is 6.79 Å². The van der Waals surface area contributed by atoms with Crippen LogP contribution < -0.4 is 0 Å². The minimum Gasteiger partial charge on any atom is -0.368 e. The van der Waals surface area contributed by atoms with E-state index in [1.54, 1.807) is 0 Å². The summed E-state index contributed by atoms with van der Waals surface area (Å²) in [4.78, 5) is 25.4. The van der Waals surface area contributed by atoms with E-state index in [0.717, 1.165) is 12.2 Å². The van der Waals surface area contributed by atoms with Gasteiger partial charge in [0.15, 0.2) is 6.79 Å². The smallest absolute Gasteiger partial charge is 0.278 e. The molecule has 1 rings (SSSR count). The molecule has 0 atom stereocenters. The lowest BCUT2D eigenvalue weighted by Gasteiger charge is -2.09. The lowest BCUT2D eigenvalue weighted by molar-refractivity contribution is -0.206. The highest BCUT2D eigenvalue weighted by molar-refractivity contribution is 6.11. The van der Waals surface area contributed by atoms with Crippen molar-refractivity contribution in [2.45, 2.75) is 0 Å². The van der Waals surface area contributed by atoms with Gasteiger partial charge in [0.1, 0.15) is 0 Å². The number of imide groups is 1. The lowest BCUT2D eigenvalue weighted by atomic mass is 10.6. The third kappa shape index (κ3) is 1.04. The fourth-order valence-corrected chi connectivity index (χ4v) is 0.572. The van der Waals surface area contributed by atoms with E-state index in [4.69, 9.17) is 5.11 Å². The minimum atomic E-state index is -0.681. The quantitative estimate of drug-likeness (QED) is 0.389. The SMILES string of the molecule is O=C1C=CC(=O)N1OCO. The summed E-state index contributed by atoms with van der Waals surface area (Å²) < 4.78 is 0. The zero-order chi connectivity index (χ0) is 7.56. The van der Waals surface area contributed by atoms with E-state index in [-0.39, 0.29) is 0 Å². The van der Waals surface area contributed by atoms with Gasteiger partial charge in [0.05, 0.1) is 0 Å². The number of amides is 2. The van der Waals surface area contributed by atoms with Gasteiger partial charge in [-0.05, 0) is 0 Å². The number of aliphatic hydroxyl groups excluding tert-OH is 1. The van der Waals surface area contributed by atoms with E-state index < -0.39 is 18.6 Å². The Morgan fingerprint density at radius 3 is 2.30 bits per heavy atom. The predicted octanol–water partition coefficient (Wildman–Crippen LogP) is -1.21. The van der Waals surface area contributed by atoms with Crippen molar-refractivity contribution < 1.29 is 19.5 Å². The maximum absolute atomic E-state index is 10.6. The first kappa shape index (κ1) is 6.91. The normalized spacial score (nSPS) is 17.1. The van der Waals surface area contributed by atoms with Crippen LogP contribution in [0.15, 0.2) is 12.2 Å². The second-order valence-electron chi connectivity index (χ2n) is 1.56. The number of hydroxylamine groups is 2. The molecule has 1 N–H and O–H groups in total. The first-order valence-corrected chi connectivity index (χ1v) is 2.55. The van der Waals surface area contributed by atoms with Gasteiger partial charge in [0, 0.05) is 12.2 Å². The predicted molar refractivity (Wildman–Crippen MR) is 29.2 cm³/mol. The zero-order valence-corrected chi connectivity index (χ0v) is 4.98. The van der Waals surface area contributed by atoms with Gasteiger partial charge in [0.2, 0.25) is 0 Å². The Morgan fingerprint density at radius 1 is 1.40 bits per heavy atom. The Hall–Kier alpha value is -1.20. The van der Waals surface area contributed by atoms with E-state index in [9.17, 15) is 9.59 Å². The summed E-state index contributed by atoms with van der Waals surface area (Å²) in [5.41, 5.74) is 0. The Balaban J connectivity index is 2.60. The van der Waals surface area contributed by atoms with Crippen LogP contribution >= 0.6 is 0 Å². The number of aliphatic hydroxyl groups is 1. The second kappa shape index (κ2) is 2.59. The molecule has 0 radical (unpaired) electrons. The molecule has 0 aromatic carbocycles. The number of carbonyl (C=O) groups is 2. The second-order valence-corrected chi connectivity index (χ2v) is 1.56. The molecular formula is C5H5NO4. The zero-order valence-electron chi connectivity index (χ0n) is 4.98. The Bertz CT molecular complexity index is 180. The van der Waals surface area contributed by atoms with Gasteiger partial charge in [-0.25, -0.2) is 4.84 Å². The van der Waals surface area contributed by atoms with E-state index in [1.165, 1.54) is 0 Å². The van der Waals surface area contributed by atoms with Crippen LogP contribution in [0.25, 0.3) is 0 Å². The van der Waals surface area contributed by atoms with Gasteiger partial charge in [-0.1, -0.05) is 0 Å². The van der Waals surface area contributed by atoms with E-state index in [1.807, 2.05) is 0 Å². The highest BCUT2D eigenvalue weighted by Gasteiger charge is 2.23. The summed E-state index contributed by atoms with van der Waals surface area (Å²) in [6.07, 6.45) is 2.13. The number of nitrogens with zero attached hydrogens (tertiary/aromatic N) is 1. The summed E-state index contributed by atoms with van der Waals surface area (Å²) in [7, 11) is 0. The molecule has 0 saturated carbocycles. The van der Waals surface area contributed by atoms with Crippen molar-refractivity contribution in [3.8, 4) is 0 Å². The molecule has 2 amide bonds. The summed E-state index contributed by atoms with van der Waals surface area (Å²) in [6.45, 7) is -0.681. The molecule has 1 aliphatic heterocycles. The highest BCUT2D eigenvalue weighted by atomic mass is 16.7. The lowest BCUT2D eigenvalue weighted by Crippen LogP contribution is -2.30. The molecule has 54 valence electrons. The van der Waals surface area contributed by atoms with Gasteiger partial charge < -0.3 is 5.11 Å². The van der Waals surface area contributed by atoms with Crippen LogP contribution in [-0.4, -0.2) is 28.8 Å². The van der Waals surface area contributed by atoms with Crippen LogP contribution in [0.4, 0.5) is 0 Å². The molecule has 0 saturated heterocycles. The maximum Gasteiger partial charge on any atom is 0.278 e. The van der Waals surface area contributed by atoms with E-state index in [2.05, 4.69) is 4.84 Å². The number of hydrogen-bond acceptors (Lipinski definition) is 4. The van der Waals surface area contributed by atoms with Crippen molar-refractivity contribution in [3.63, 3.8) is 0 Å². The summed E-state index contributed by atoms with van der Waals surface area (Å²) in [5.74, 6) is -1.14. The number of rotatable bonds is 2. The molecule has 0 aromatic heterocycles. The molecule has 1 aliphatic rings. The fourth-order valence-electron chi connectivity index (χ4n) is 0.572.